The number of rotatable bonds is 12. The summed E-state index contributed by atoms with van der Waals surface area (Å²) in [6.45, 7) is 55.2. The predicted molar refractivity (Wildman–Crippen MR) is 269 cm³/mol. The molecule has 0 aromatic heterocycles. The number of carboxylic acid groups (broad SMARTS) is 12. The minimum atomic E-state index is -0.935. The van der Waals surface area contributed by atoms with Gasteiger partial charge in [-0.15, -0.1) is 0 Å². The monoisotopic (exact) mass is 1030 g/mol. The Morgan fingerprint density at radius 3 is 0.167 bits per heavy atom. The third-order valence-corrected chi connectivity index (χ3v) is 4.38. The first-order valence-corrected chi connectivity index (χ1v) is 18.4. The zero-order chi connectivity index (χ0) is 61.9. The van der Waals surface area contributed by atoms with Crippen molar-refractivity contribution in [3.63, 3.8) is 0 Å². The van der Waals surface area contributed by atoms with Gasteiger partial charge in [0.25, 0.3) is 0 Å². The number of hydrogen-bond donors (Lipinski definition) is 12. The first-order chi connectivity index (χ1) is 31.7. The minimum Gasteiger partial charge on any atom is -0.478 e. The molecule has 0 aliphatic carbocycles. The van der Waals surface area contributed by atoms with Crippen LogP contribution >= 0.6 is 0 Å². The second-order valence-electron chi connectivity index (χ2n) is 13.0. The van der Waals surface area contributed by atoms with Gasteiger partial charge in [-0.3, -0.25) is 0 Å². The second kappa shape index (κ2) is 57.6. The standard InChI is InChI=1S/12C4H6O2/c12*1-3(2)4(5)6/h12*1H2,2H3,(H,5,6). The molecule has 0 aromatic carbocycles. The highest BCUT2D eigenvalue weighted by Gasteiger charge is 1.95. The summed E-state index contributed by atoms with van der Waals surface area (Å²) >= 11 is 0. The molecule has 0 saturated carbocycles. The molecule has 0 saturated heterocycles. The smallest absolute Gasteiger partial charge is 0.330 e. The minimum absolute atomic E-state index is 0.176. The van der Waals surface area contributed by atoms with Crippen LogP contribution in [-0.4, -0.2) is 133 Å². The molecule has 408 valence electrons. The van der Waals surface area contributed by atoms with E-state index in [1.807, 2.05) is 0 Å². The Labute approximate surface area is 418 Å². The maximum absolute atomic E-state index is 9.60. The van der Waals surface area contributed by atoms with Crippen LogP contribution in [0.3, 0.4) is 0 Å². The third kappa shape index (κ3) is 144. The van der Waals surface area contributed by atoms with Crippen molar-refractivity contribution < 1.29 is 119 Å². The molecule has 0 rings (SSSR count). The number of aliphatic carboxylic acids is 12. The SMILES string of the molecule is C=C(C)C(=O)O.C=C(C)C(=O)O.C=C(C)C(=O)O.C=C(C)C(=O)O.C=C(C)C(=O)O.C=C(C)C(=O)O.C=C(C)C(=O)O.C=C(C)C(=O)O.C=C(C)C(=O)O.C=C(C)C(=O)O.C=C(C)C(=O)O.C=C(C)C(=O)O. The highest BCUT2D eigenvalue weighted by atomic mass is 16.4. The summed E-state index contributed by atoms with van der Waals surface area (Å²) in [6, 6.07) is 0. The van der Waals surface area contributed by atoms with Gasteiger partial charge >= 0.3 is 71.6 Å². The molecular weight excluding hydrogens is 961 g/mol. The summed E-state index contributed by atoms with van der Waals surface area (Å²) in [5, 5.41) is 94.7. The van der Waals surface area contributed by atoms with Gasteiger partial charge in [0.05, 0.1) is 0 Å². The van der Waals surface area contributed by atoms with E-state index in [4.69, 9.17) is 61.3 Å². The van der Waals surface area contributed by atoms with E-state index in [1.165, 1.54) is 83.1 Å². The molecule has 0 atom stereocenters. The summed E-state index contributed by atoms with van der Waals surface area (Å²) in [7, 11) is 0. The average Bonchev–Trinajstić information content (AvgIpc) is 3.19. The Bertz CT molecular complexity index is 1370. The molecule has 0 aromatic rings. The zero-order valence-corrected chi connectivity index (χ0v) is 42.8. The summed E-state index contributed by atoms with van der Waals surface area (Å²) in [6.07, 6.45) is 0. The lowest BCUT2D eigenvalue weighted by Crippen LogP contribution is -1.92. The van der Waals surface area contributed by atoms with Crippen LogP contribution in [0.25, 0.3) is 0 Å². The normalized spacial score (nSPS) is 7.50. The predicted octanol–water partition coefficient (Wildman–Crippen LogP) is 7.77. The summed E-state index contributed by atoms with van der Waals surface area (Å²) in [5.41, 5.74) is 2.11. The molecule has 0 aliphatic rings. The molecule has 24 nitrogen and oxygen atoms in total. The summed E-state index contributed by atoms with van der Waals surface area (Å²) in [5.74, 6) is -11.2. The van der Waals surface area contributed by atoms with Gasteiger partial charge in [0.2, 0.25) is 0 Å². The Morgan fingerprint density at radius 1 is 0.153 bits per heavy atom. The van der Waals surface area contributed by atoms with Crippen molar-refractivity contribution in [2.24, 2.45) is 0 Å². The van der Waals surface area contributed by atoms with Gasteiger partial charge in [-0.05, 0) is 83.1 Å². The summed E-state index contributed by atoms with van der Waals surface area (Å²) in [4.78, 5) is 115. The molecule has 0 aliphatic heterocycles. The summed E-state index contributed by atoms with van der Waals surface area (Å²) < 4.78 is 0. The van der Waals surface area contributed by atoms with E-state index < -0.39 is 71.6 Å². The molecule has 0 spiro atoms. The van der Waals surface area contributed by atoms with Crippen molar-refractivity contribution in [3.05, 3.63) is 146 Å². The van der Waals surface area contributed by atoms with Crippen LogP contribution in [0.2, 0.25) is 0 Å². The molecular formula is C48H72O24. The van der Waals surface area contributed by atoms with Crippen molar-refractivity contribution >= 4 is 71.6 Å². The van der Waals surface area contributed by atoms with Crippen LogP contribution in [0.5, 0.6) is 0 Å². The highest BCUT2D eigenvalue weighted by molar-refractivity contribution is 5.88. The van der Waals surface area contributed by atoms with Crippen LogP contribution in [0, 0.1) is 0 Å². The number of hydrogen-bond acceptors (Lipinski definition) is 12. The van der Waals surface area contributed by atoms with Gasteiger partial charge in [0, 0.05) is 66.9 Å². The van der Waals surface area contributed by atoms with E-state index in [1.54, 1.807) is 0 Å². The van der Waals surface area contributed by atoms with E-state index in [9.17, 15) is 57.5 Å². The lowest BCUT2D eigenvalue weighted by atomic mass is 10.4. The molecule has 0 bridgehead atoms. The Kier molecular flexibility index (Phi) is 74.2. The van der Waals surface area contributed by atoms with Gasteiger partial charge in [-0.1, -0.05) is 78.9 Å². The van der Waals surface area contributed by atoms with Crippen molar-refractivity contribution in [1.29, 1.82) is 0 Å². The van der Waals surface area contributed by atoms with Crippen LogP contribution in [0.1, 0.15) is 83.1 Å². The van der Waals surface area contributed by atoms with E-state index in [2.05, 4.69) is 78.9 Å². The fraction of sp³-hybridized carbons (Fsp3) is 0.250. The molecule has 72 heavy (non-hydrogen) atoms. The van der Waals surface area contributed by atoms with Gasteiger partial charge in [0.1, 0.15) is 0 Å². The van der Waals surface area contributed by atoms with Crippen molar-refractivity contribution in [3.8, 4) is 0 Å². The molecule has 0 fully saturated rings. The largest absolute Gasteiger partial charge is 0.478 e. The average molecular weight is 1030 g/mol. The molecule has 0 heterocycles. The number of carbonyl (C=O) groups is 12. The Hall–Kier alpha value is -9.48. The van der Waals surface area contributed by atoms with Crippen molar-refractivity contribution in [2.45, 2.75) is 83.1 Å². The first kappa shape index (κ1) is 92.7. The second-order valence-corrected chi connectivity index (χ2v) is 13.0. The fourth-order valence-electron chi connectivity index (χ4n) is 0. The first-order valence-electron chi connectivity index (χ1n) is 18.4. The lowest BCUT2D eigenvalue weighted by molar-refractivity contribution is -0.133. The third-order valence-electron chi connectivity index (χ3n) is 4.38. The quantitative estimate of drug-likeness (QED) is 0.0830. The van der Waals surface area contributed by atoms with Crippen molar-refractivity contribution in [2.75, 3.05) is 0 Å². The Balaban J connectivity index is -0.0000000545. The maximum Gasteiger partial charge on any atom is 0.330 e. The molecule has 12 N–H and O–H groups in total. The van der Waals surface area contributed by atoms with E-state index in [-0.39, 0.29) is 66.9 Å². The fourth-order valence-corrected chi connectivity index (χ4v) is 0. The highest BCUT2D eigenvalue weighted by Crippen LogP contribution is 1.86. The zero-order valence-electron chi connectivity index (χ0n) is 42.8. The molecule has 0 radical (unpaired) electrons. The van der Waals surface area contributed by atoms with Gasteiger partial charge in [-0.2, -0.15) is 0 Å². The van der Waals surface area contributed by atoms with E-state index >= 15 is 0 Å². The van der Waals surface area contributed by atoms with Crippen LogP contribution in [0.15, 0.2) is 146 Å². The molecule has 0 unspecified atom stereocenters. The molecule has 0 amide bonds. The lowest BCUT2D eigenvalue weighted by Gasteiger charge is -1.79. The Morgan fingerprint density at radius 2 is 0.167 bits per heavy atom. The van der Waals surface area contributed by atoms with E-state index in [0.29, 0.717) is 0 Å². The van der Waals surface area contributed by atoms with Gasteiger partial charge in [-0.25, -0.2) is 57.5 Å². The van der Waals surface area contributed by atoms with E-state index in [0.717, 1.165) is 0 Å². The number of carboxylic acids is 12. The van der Waals surface area contributed by atoms with Crippen LogP contribution in [-0.2, 0) is 57.5 Å². The van der Waals surface area contributed by atoms with Gasteiger partial charge in [0.15, 0.2) is 0 Å². The van der Waals surface area contributed by atoms with Crippen molar-refractivity contribution in [1.82, 2.24) is 0 Å². The van der Waals surface area contributed by atoms with Crippen LogP contribution < -0.4 is 0 Å². The maximum atomic E-state index is 9.60. The molecule has 24 heteroatoms. The van der Waals surface area contributed by atoms with Crippen LogP contribution in [0.4, 0.5) is 0 Å². The van der Waals surface area contributed by atoms with Gasteiger partial charge < -0.3 is 61.3 Å². The topological polar surface area (TPSA) is 448 Å².